The van der Waals surface area contributed by atoms with Crippen LogP contribution in [0.1, 0.15) is 40.1 Å². The molecule has 0 bridgehead atoms. The van der Waals surface area contributed by atoms with Gasteiger partial charge in [0.05, 0.1) is 11.7 Å². The lowest BCUT2D eigenvalue weighted by molar-refractivity contribution is 0.0645. The number of hydrogen-bond acceptors (Lipinski definition) is 3. The first-order valence-corrected chi connectivity index (χ1v) is 9.18. The smallest absolute Gasteiger partial charge is 0.256 e. The number of aryl methyl sites for hydroxylation is 1. The van der Waals surface area contributed by atoms with Crippen molar-refractivity contribution in [2.24, 2.45) is 5.92 Å². The summed E-state index contributed by atoms with van der Waals surface area (Å²) in [4.78, 5) is 16.1. The number of thiophene rings is 1. The lowest BCUT2D eigenvalue weighted by atomic mass is 10.1. The van der Waals surface area contributed by atoms with Crippen molar-refractivity contribution in [3.05, 3.63) is 40.5 Å². The first kappa shape index (κ1) is 15.0. The maximum atomic E-state index is 13.1. The molecule has 0 aromatic carbocycles. The summed E-state index contributed by atoms with van der Waals surface area (Å²) in [6.45, 7) is 0.430. The minimum Gasteiger partial charge on any atom is -0.391 e. The molecule has 4 nitrogen and oxygen atoms in total. The van der Waals surface area contributed by atoms with Crippen LogP contribution in [-0.4, -0.2) is 40.2 Å². The number of carbonyl (C=O) groups excluding carboxylic acids is 1. The second-order valence-electron chi connectivity index (χ2n) is 6.72. The molecule has 1 atom stereocenters. The molecule has 2 aromatic heterocycles. The van der Waals surface area contributed by atoms with Crippen molar-refractivity contribution in [3.63, 3.8) is 0 Å². The molecule has 0 spiro atoms. The lowest BCUT2D eigenvalue weighted by Gasteiger charge is -2.21. The highest BCUT2D eigenvalue weighted by atomic mass is 32.1. The van der Waals surface area contributed by atoms with Gasteiger partial charge in [-0.3, -0.25) is 4.79 Å². The largest absolute Gasteiger partial charge is 0.391 e. The Morgan fingerprint density at radius 1 is 1.39 bits per heavy atom. The first-order valence-electron chi connectivity index (χ1n) is 8.36. The van der Waals surface area contributed by atoms with Gasteiger partial charge in [0.2, 0.25) is 0 Å². The normalized spacial score (nSPS) is 18.0. The molecule has 2 aromatic rings. The van der Waals surface area contributed by atoms with Gasteiger partial charge in [0.15, 0.2) is 0 Å². The van der Waals surface area contributed by atoms with Crippen LogP contribution in [-0.2, 0) is 12.8 Å². The summed E-state index contributed by atoms with van der Waals surface area (Å²) in [5, 5.41) is 11.2. The van der Waals surface area contributed by atoms with E-state index in [0.717, 1.165) is 42.7 Å². The number of hydrogen-bond donors (Lipinski definition) is 1. The fourth-order valence-corrected chi connectivity index (χ4v) is 4.79. The Kier molecular flexibility index (Phi) is 3.77. The van der Waals surface area contributed by atoms with E-state index < -0.39 is 0 Å². The molecule has 0 radical (unpaired) electrons. The number of likely N-dealkylation sites (N-methyl/N-ethyl adjacent to an activating group) is 1. The van der Waals surface area contributed by atoms with E-state index in [1.807, 2.05) is 36.1 Å². The first-order chi connectivity index (χ1) is 11.1. The van der Waals surface area contributed by atoms with E-state index in [2.05, 4.69) is 0 Å². The SMILES string of the molecule is CN(CC(O)C1CC1)C(=O)c1c(-n2cccc2)sc2c1CCC2. The van der Waals surface area contributed by atoms with Crippen molar-refractivity contribution in [1.29, 1.82) is 0 Å². The highest BCUT2D eigenvalue weighted by molar-refractivity contribution is 7.15. The van der Waals surface area contributed by atoms with Gasteiger partial charge in [0.25, 0.3) is 5.91 Å². The van der Waals surface area contributed by atoms with Crippen LogP contribution in [0.25, 0.3) is 5.00 Å². The average Bonchev–Trinajstić information content (AvgIpc) is 2.94. The summed E-state index contributed by atoms with van der Waals surface area (Å²) in [5.41, 5.74) is 2.08. The van der Waals surface area contributed by atoms with E-state index in [1.54, 1.807) is 16.2 Å². The van der Waals surface area contributed by atoms with Gasteiger partial charge < -0.3 is 14.6 Å². The van der Waals surface area contributed by atoms with Crippen molar-refractivity contribution in [1.82, 2.24) is 9.47 Å². The Bertz CT molecular complexity index is 716. The van der Waals surface area contributed by atoms with E-state index in [1.165, 1.54) is 10.4 Å². The highest BCUT2D eigenvalue weighted by Crippen LogP contribution is 2.39. The van der Waals surface area contributed by atoms with E-state index in [4.69, 9.17) is 0 Å². The number of aliphatic hydroxyl groups excluding tert-OH is 1. The minimum atomic E-state index is -0.384. The maximum absolute atomic E-state index is 13.1. The number of aliphatic hydroxyl groups is 1. The van der Waals surface area contributed by atoms with Crippen molar-refractivity contribution in [2.45, 2.75) is 38.2 Å². The molecule has 0 aliphatic heterocycles. The van der Waals surface area contributed by atoms with Crippen molar-refractivity contribution >= 4 is 17.2 Å². The van der Waals surface area contributed by atoms with Gasteiger partial charge in [-0.15, -0.1) is 11.3 Å². The summed E-state index contributed by atoms with van der Waals surface area (Å²) >= 11 is 1.74. The zero-order valence-corrected chi connectivity index (χ0v) is 14.2. The van der Waals surface area contributed by atoms with Crippen LogP contribution in [0.4, 0.5) is 0 Å². The molecule has 122 valence electrons. The van der Waals surface area contributed by atoms with Gasteiger partial charge in [0, 0.05) is 30.9 Å². The third kappa shape index (κ3) is 2.72. The van der Waals surface area contributed by atoms with Crippen molar-refractivity contribution in [2.75, 3.05) is 13.6 Å². The van der Waals surface area contributed by atoms with Crippen LogP contribution in [0.15, 0.2) is 24.5 Å². The summed E-state index contributed by atoms with van der Waals surface area (Å²) in [6.07, 6.45) is 9.00. The second-order valence-corrected chi connectivity index (χ2v) is 7.80. The lowest BCUT2D eigenvalue weighted by Crippen LogP contribution is -2.35. The predicted octanol–water partition coefficient (Wildman–Crippen LogP) is 2.87. The van der Waals surface area contributed by atoms with Gasteiger partial charge in [0.1, 0.15) is 5.00 Å². The molecular formula is C18H22N2O2S. The third-order valence-corrected chi connectivity index (χ3v) is 6.23. The summed E-state index contributed by atoms with van der Waals surface area (Å²) in [6, 6.07) is 3.97. The Balaban J connectivity index is 1.65. The molecule has 0 saturated heterocycles. The zero-order chi connectivity index (χ0) is 16.0. The summed E-state index contributed by atoms with van der Waals surface area (Å²) in [7, 11) is 1.81. The molecule has 1 saturated carbocycles. The van der Waals surface area contributed by atoms with E-state index in [-0.39, 0.29) is 12.0 Å². The molecular weight excluding hydrogens is 308 g/mol. The standard InChI is InChI=1S/C18H22N2O2S/c1-19(11-14(21)12-7-8-12)17(22)16-13-5-4-6-15(13)23-18(16)20-9-2-3-10-20/h2-3,9-10,12,14,21H,4-8,11H2,1H3. The average molecular weight is 330 g/mol. The van der Waals surface area contributed by atoms with Crippen LogP contribution in [0.5, 0.6) is 0 Å². The number of rotatable bonds is 5. The monoisotopic (exact) mass is 330 g/mol. The Hall–Kier alpha value is -1.59. The molecule has 2 aliphatic carbocycles. The van der Waals surface area contributed by atoms with Crippen molar-refractivity contribution in [3.8, 4) is 5.00 Å². The molecule has 1 fully saturated rings. The number of nitrogens with zero attached hydrogens (tertiary/aromatic N) is 2. The topological polar surface area (TPSA) is 45.5 Å². The fourth-order valence-electron chi connectivity index (χ4n) is 3.45. The maximum Gasteiger partial charge on any atom is 0.256 e. The molecule has 5 heteroatoms. The van der Waals surface area contributed by atoms with Crippen LogP contribution < -0.4 is 0 Å². The van der Waals surface area contributed by atoms with Gasteiger partial charge in [-0.05, 0) is 55.7 Å². The molecule has 2 aliphatic rings. The van der Waals surface area contributed by atoms with Crippen LogP contribution in [0.3, 0.4) is 0 Å². The number of amides is 1. The number of fused-ring (bicyclic) bond motifs is 1. The Morgan fingerprint density at radius 3 is 2.83 bits per heavy atom. The van der Waals surface area contributed by atoms with Gasteiger partial charge in [-0.25, -0.2) is 0 Å². The van der Waals surface area contributed by atoms with Crippen LogP contribution >= 0.6 is 11.3 Å². The molecule has 23 heavy (non-hydrogen) atoms. The van der Waals surface area contributed by atoms with Gasteiger partial charge in [-0.1, -0.05) is 0 Å². The van der Waals surface area contributed by atoms with Crippen LogP contribution in [0, 0.1) is 5.92 Å². The van der Waals surface area contributed by atoms with E-state index >= 15 is 0 Å². The zero-order valence-electron chi connectivity index (χ0n) is 13.4. The van der Waals surface area contributed by atoms with Gasteiger partial charge in [-0.2, -0.15) is 0 Å². The quantitative estimate of drug-likeness (QED) is 0.916. The fraction of sp³-hybridized carbons (Fsp3) is 0.500. The number of carbonyl (C=O) groups is 1. The third-order valence-electron chi connectivity index (χ3n) is 4.93. The Morgan fingerprint density at radius 2 is 2.13 bits per heavy atom. The highest BCUT2D eigenvalue weighted by Gasteiger charge is 2.33. The van der Waals surface area contributed by atoms with Crippen molar-refractivity contribution < 1.29 is 9.90 Å². The summed E-state index contributed by atoms with van der Waals surface area (Å²) < 4.78 is 2.04. The minimum absolute atomic E-state index is 0.0489. The Labute approximate surface area is 140 Å². The molecule has 1 amide bonds. The predicted molar refractivity (Wildman–Crippen MR) is 91.4 cm³/mol. The summed E-state index contributed by atoms with van der Waals surface area (Å²) in [5.74, 6) is 0.440. The van der Waals surface area contributed by atoms with E-state index in [9.17, 15) is 9.90 Å². The second kappa shape index (κ2) is 5.80. The number of aromatic nitrogens is 1. The van der Waals surface area contributed by atoms with E-state index in [0.29, 0.717) is 12.5 Å². The molecule has 1 N–H and O–H groups in total. The van der Waals surface area contributed by atoms with Gasteiger partial charge >= 0.3 is 0 Å². The molecule has 1 unspecified atom stereocenters. The van der Waals surface area contributed by atoms with Crippen LogP contribution in [0.2, 0.25) is 0 Å². The molecule has 4 rings (SSSR count). The molecule has 2 heterocycles.